The van der Waals surface area contributed by atoms with Gasteiger partial charge in [0.15, 0.2) is 0 Å². The van der Waals surface area contributed by atoms with E-state index in [2.05, 4.69) is 10.6 Å². The first-order valence-corrected chi connectivity index (χ1v) is 8.71. The SMILES string of the molecule is CCC(C)C(NC(=O)C(N)CCC(=O)O)C(=O)NCC(=O)NC(CO)C(=O)O. The van der Waals surface area contributed by atoms with Crippen LogP contribution in [0.2, 0.25) is 0 Å². The maximum atomic E-state index is 12.4. The highest BCUT2D eigenvalue weighted by Gasteiger charge is 2.28. The fraction of sp³-hybridized carbons (Fsp3) is 0.688. The molecule has 12 nitrogen and oxygen atoms in total. The first-order valence-electron chi connectivity index (χ1n) is 8.71. The molecular formula is C16H28N4O8. The van der Waals surface area contributed by atoms with Crippen LogP contribution in [-0.4, -0.2) is 76.3 Å². The second kappa shape index (κ2) is 12.6. The lowest BCUT2D eigenvalue weighted by atomic mass is 9.97. The van der Waals surface area contributed by atoms with Gasteiger partial charge in [-0.3, -0.25) is 19.2 Å². The smallest absolute Gasteiger partial charge is 0.328 e. The van der Waals surface area contributed by atoms with E-state index in [1.807, 2.05) is 5.32 Å². The highest BCUT2D eigenvalue weighted by molar-refractivity contribution is 5.92. The Morgan fingerprint density at radius 1 is 1.04 bits per heavy atom. The fourth-order valence-electron chi connectivity index (χ4n) is 2.08. The molecule has 0 spiro atoms. The minimum atomic E-state index is -1.50. The third kappa shape index (κ3) is 9.28. The lowest BCUT2D eigenvalue weighted by molar-refractivity contribution is -0.143. The zero-order valence-electron chi connectivity index (χ0n) is 15.8. The van der Waals surface area contributed by atoms with E-state index in [4.69, 9.17) is 21.1 Å². The molecule has 0 saturated heterocycles. The number of amides is 3. The van der Waals surface area contributed by atoms with Crippen LogP contribution in [0.3, 0.4) is 0 Å². The molecular weight excluding hydrogens is 376 g/mol. The van der Waals surface area contributed by atoms with E-state index in [0.717, 1.165) is 0 Å². The molecule has 8 N–H and O–H groups in total. The van der Waals surface area contributed by atoms with Crippen molar-refractivity contribution in [2.45, 2.75) is 51.2 Å². The maximum Gasteiger partial charge on any atom is 0.328 e. The molecule has 4 unspecified atom stereocenters. The number of nitrogens with two attached hydrogens (primary N) is 1. The number of aliphatic hydroxyl groups is 1. The van der Waals surface area contributed by atoms with Crippen LogP contribution in [0.25, 0.3) is 0 Å². The Hall–Kier alpha value is -2.73. The summed E-state index contributed by atoms with van der Waals surface area (Å²) < 4.78 is 0. The van der Waals surface area contributed by atoms with Gasteiger partial charge in [0.2, 0.25) is 17.7 Å². The number of carboxylic acid groups (broad SMARTS) is 2. The quantitative estimate of drug-likeness (QED) is 0.171. The molecule has 0 heterocycles. The first-order chi connectivity index (χ1) is 13.0. The highest BCUT2D eigenvalue weighted by Crippen LogP contribution is 2.09. The van der Waals surface area contributed by atoms with Crippen LogP contribution in [0.4, 0.5) is 0 Å². The Balaban J connectivity index is 4.81. The molecule has 0 aromatic carbocycles. The summed E-state index contributed by atoms with van der Waals surface area (Å²) in [6, 6.07) is -3.63. The van der Waals surface area contributed by atoms with E-state index in [-0.39, 0.29) is 18.8 Å². The molecule has 0 aliphatic heterocycles. The Labute approximate surface area is 161 Å². The van der Waals surface area contributed by atoms with Gasteiger partial charge in [0.25, 0.3) is 0 Å². The molecule has 0 fully saturated rings. The summed E-state index contributed by atoms with van der Waals surface area (Å²) in [5.74, 6) is -5.06. The maximum absolute atomic E-state index is 12.4. The largest absolute Gasteiger partial charge is 0.481 e. The van der Waals surface area contributed by atoms with E-state index in [1.54, 1.807) is 13.8 Å². The van der Waals surface area contributed by atoms with Gasteiger partial charge >= 0.3 is 11.9 Å². The van der Waals surface area contributed by atoms with Crippen LogP contribution >= 0.6 is 0 Å². The number of carboxylic acids is 2. The summed E-state index contributed by atoms with van der Waals surface area (Å²) >= 11 is 0. The average molecular weight is 404 g/mol. The van der Waals surface area contributed by atoms with Gasteiger partial charge < -0.3 is 37.0 Å². The molecule has 0 saturated carbocycles. The molecule has 0 aromatic rings. The minimum Gasteiger partial charge on any atom is -0.481 e. The van der Waals surface area contributed by atoms with Gasteiger partial charge in [-0.1, -0.05) is 20.3 Å². The van der Waals surface area contributed by atoms with Crippen LogP contribution in [0.15, 0.2) is 0 Å². The third-order valence-electron chi connectivity index (χ3n) is 4.04. The Morgan fingerprint density at radius 2 is 1.64 bits per heavy atom. The molecule has 12 heteroatoms. The number of aliphatic carboxylic acids is 2. The van der Waals surface area contributed by atoms with Crippen molar-refractivity contribution in [3.05, 3.63) is 0 Å². The lowest BCUT2D eigenvalue weighted by Gasteiger charge is -2.25. The summed E-state index contributed by atoms with van der Waals surface area (Å²) in [7, 11) is 0. The van der Waals surface area contributed by atoms with Crippen molar-refractivity contribution < 1.29 is 39.3 Å². The summed E-state index contributed by atoms with van der Waals surface area (Å²) in [6.45, 7) is 2.11. The molecule has 4 atom stereocenters. The van der Waals surface area contributed by atoms with Gasteiger partial charge in [-0.2, -0.15) is 0 Å². The summed E-state index contributed by atoms with van der Waals surface area (Å²) in [5.41, 5.74) is 5.63. The van der Waals surface area contributed by atoms with Crippen LogP contribution in [0.1, 0.15) is 33.1 Å². The molecule has 160 valence electrons. The standard InChI is InChI=1S/C16H28N4O8/c1-3-8(2)13(20-14(25)9(17)4-5-12(23)24)15(26)18-6-11(22)19-10(7-21)16(27)28/h8-10,13,21H,3-7,17H2,1-2H3,(H,18,26)(H,19,22)(H,20,25)(H,23,24)(H,27,28). The topological polar surface area (TPSA) is 208 Å². The zero-order chi connectivity index (χ0) is 21.9. The molecule has 0 radical (unpaired) electrons. The number of carbonyl (C=O) groups is 5. The molecule has 3 amide bonds. The van der Waals surface area contributed by atoms with Gasteiger partial charge in [0.05, 0.1) is 19.2 Å². The Kier molecular flexibility index (Phi) is 11.4. The molecule has 0 aliphatic rings. The molecule has 0 rings (SSSR count). The Bertz CT molecular complexity index is 583. The minimum absolute atomic E-state index is 0.101. The number of hydrogen-bond acceptors (Lipinski definition) is 7. The summed E-state index contributed by atoms with van der Waals surface area (Å²) in [4.78, 5) is 57.5. The van der Waals surface area contributed by atoms with Crippen molar-refractivity contribution in [3.63, 3.8) is 0 Å². The number of hydrogen-bond donors (Lipinski definition) is 7. The van der Waals surface area contributed by atoms with Crippen molar-refractivity contribution in [2.75, 3.05) is 13.2 Å². The van der Waals surface area contributed by atoms with Crippen LogP contribution < -0.4 is 21.7 Å². The van der Waals surface area contributed by atoms with E-state index in [0.29, 0.717) is 6.42 Å². The lowest BCUT2D eigenvalue weighted by Crippen LogP contribution is -2.55. The van der Waals surface area contributed by atoms with E-state index < -0.39 is 60.9 Å². The molecule has 0 aromatic heterocycles. The van der Waals surface area contributed by atoms with Gasteiger partial charge in [-0.15, -0.1) is 0 Å². The van der Waals surface area contributed by atoms with Crippen molar-refractivity contribution in [1.29, 1.82) is 0 Å². The van der Waals surface area contributed by atoms with Crippen molar-refractivity contribution in [2.24, 2.45) is 11.7 Å². The highest BCUT2D eigenvalue weighted by atomic mass is 16.4. The number of rotatable bonds is 13. The zero-order valence-corrected chi connectivity index (χ0v) is 15.8. The van der Waals surface area contributed by atoms with Crippen molar-refractivity contribution in [1.82, 2.24) is 16.0 Å². The van der Waals surface area contributed by atoms with Gasteiger partial charge in [0, 0.05) is 6.42 Å². The number of carbonyl (C=O) groups excluding carboxylic acids is 3. The van der Waals surface area contributed by atoms with Gasteiger partial charge in [-0.05, 0) is 12.3 Å². The van der Waals surface area contributed by atoms with E-state index in [1.165, 1.54) is 0 Å². The van der Waals surface area contributed by atoms with Gasteiger partial charge in [0.1, 0.15) is 12.1 Å². The van der Waals surface area contributed by atoms with E-state index in [9.17, 15) is 24.0 Å². The second-order valence-electron chi connectivity index (χ2n) is 6.27. The number of aliphatic hydroxyl groups excluding tert-OH is 1. The monoisotopic (exact) mass is 404 g/mol. The molecule has 28 heavy (non-hydrogen) atoms. The predicted molar refractivity (Wildman–Crippen MR) is 95.9 cm³/mol. The predicted octanol–water partition coefficient (Wildman–Crippen LogP) is -2.61. The normalized spacial score (nSPS) is 14.9. The van der Waals surface area contributed by atoms with Crippen LogP contribution in [-0.2, 0) is 24.0 Å². The Morgan fingerprint density at radius 3 is 2.11 bits per heavy atom. The first kappa shape index (κ1) is 25.3. The average Bonchev–Trinajstić information content (AvgIpc) is 2.65. The van der Waals surface area contributed by atoms with Crippen molar-refractivity contribution in [3.8, 4) is 0 Å². The second-order valence-corrected chi connectivity index (χ2v) is 6.27. The van der Waals surface area contributed by atoms with Gasteiger partial charge in [-0.25, -0.2) is 4.79 Å². The fourth-order valence-corrected chi connectivity index (χ4v) is 2.08. The summed E-state index contributed by atoms with van der Waals surface area (Å²) in [5, 5.41) is 33.0. The van der Waals surface area contributed by atoms with Crippen LogP contribution in [0, 0.1) is 5.92 Å². The van der Waals surface area contributed by atoms with Crippen molar-refractivity contribution >= 4 is 29.7 Å². The van der Waals surface area contributed by atoms with Crippen LogP contribution in [0.5, 0.6) is 0 Å². The molecule has 0 aliphatic carbocycles. The van der Waals surface area contributed by atoms with E-state index >= 15 is 0 Å². The summed E-state index contributed by atoms with van der Waals surface area (Å²) in [6.07, 6.45) is 0.112. The number of nitrogens with one attached hydrogen (secondary N) is 3. The third-order valence-corrected chi connectivity index (χ3v) is 4.04. The molecule has 0 bridgehead atoms.